The monoisotopic (exact) mass is 327 g/mol. The lowest BCUT2D eigenvalue weighted by Crippen LogP contribution is -2.14. The fraction of sp³-hybridized carbons (Fsp3) is 0.353. The average molecular weight is 327 g/mol. The van der Waals surface area contributed by atoms with Crippen molar-refractivity contribution in [3.05, 3.63) is 47.0 Å². The Labute approximate surface area is 138 Å². The van der Waals surface area contributed by atoms with E-state index < -0.39 is 0 Å². The third kappa shape index (κ3) is 2.97. The number of nitrogens with one attached hydrogen (secondary N) is 1. The number of nitrogens with zero attached hydrogens (tertiary/aromatic N) is 2. The molecule has 24 heavy (non-hydrogen) atoms. The van der Waals surface area contributed by atoms with Gasteiger partial charge < -0.3 is 13.9 Å². The molecule has 0 saturated carbocycles. The molecule has 2 aromatic rings. The molecule has 1 aliphatic heterocycles. The lowest BCUT2D eigenvalue weighted by Gasteiger charge is -2.16. The number of benzene rings is 1. The summed E-state index contributed by atoms with van der Waals surface area (Å²) in [6, 6.07) is 5.84. The van der Waals surface area contributed by atoms with Crippen molar-refractivity contribution in [1.82, 2.24) is 10.2 Å². The van der Waals surface area contributed by atoms with Gasteiger partial charge in [-0.2, -0.15) is 0 Å². The largest absolute Gasteiger partial charge is 0.494 e. The van der Waals surface area contributed by atoms with Crippen LogP contribution in [0.15, 0.2) is 28.9 Å². The maximum absolute atomic E-state index is 12.4. The summed E-state index contributed by atoms with van der Waals surface area (Å²) in [5, 5.41) is 10.3. The highest BCUT2D eigenvalue weighted by Gasteiger charge is 2.18. The molecule has 0 atom stereocenters. The van der Waals surface area contributed by atoms with E-state index in [0.29, 0.717) is 24.5 Å². The molecule has 1 amide bonds. The molecule has 7 heteroatoms. The summed E-state index contributed by atoms with van der Waals surface area (Å²) in [6.45, 7) is 0.907. The zero-order valence-corrected chi connectivity index (χ0v) is 13.1. The van der Waals surface area contributed by atoms with E-state index in [9.17, 15) is 4.79 Å². The molecule has 0 bridgehead atoms. The number of rotatable bonds is 3. The maximum atomic E-state index is 12.4. The highest BCUT2D eigenvalue weighted by Crippen LogP contribution is 2.23. The average Bonchev–Trinajstić information content (AvgIpc) is 3.10. The third-order valence-electron chi connectivity index (χ3n) is 4.12. The van der Waals surface area contributed by atoms with E-state index >= 15 is 0 Å². The molecule has 1 aliphatic carbocycles. The van der Waals surface area contributed by atoms with Crippen LogP contribution < -0.4 is 5.32 Å². The van der Waals surface area contributed by atoms with E-state index in [0.717, 1.165) is 12.8 Å². The second kappa shape index (κ2) is 6.35. The van der Waals surface area contributed by atoms with Crippen molar-refractivity contribution in [2.45, 2.75) is 25.7 Å². The Kier molecular flexibility index (Phi) is 3.90. The van der Waals surface area contributed by atoms with Crippen molar-refractivity contribution in [1.29, 1.82) is 0 Å². The molecule has 1 N–H and O–H groups in total. The lowest BCUT2D eigenvalue weighted by atomic mass is 9.90. The summed E-state index contributed by atoms with van der Waals surface area (Å²) in [6.07, 6.45) is 5.91. The fourth-order valence-electron chi connectivity index (χ4n) is 2.90. The molecule has 2 heterocycles. The Hall–Kier alpha value is -2.83. The Morgan fingerprint density at radius 2 is 1.96 bits per heavy atom. The number of carbonyl (C=O) groups excluding carboxylic acids is 1. The highest BCUT2D eigenvalue weighted by molar-refractivity contribution is 6.03. The van der Waals surface area contributed by atoms with Crippen LogP contribution in [0.2, 0.25) is 0 Å². The van der Waals surface area contributed by atoms with Gasteiger partial charge in [0.25, 0.3) is 11.8 Å². The van der Waals surface area contributed by atoms with Crippen molar-refractivity contribution in [3.63, 3.8) is 0 Å². The van der Waals surface area contributed by atoms with Gasteiger partial charge in [-0.15, -0.1) is 5.10 Å². The number of aromatic nitrogens is 2. The van der Waals surface area contributed by atoms with Crippen LogP contribution in [-0.2, 0) is 22.3 Å². The summed E-state index contributed by atoms with van der Waals surface area (Å²) in [5.41, 5.74) is 3.17. The van der Waals surface area contributed by atoms with Crippen molar-refractivity contribution in [2.24, 2.45) is 0 Å². The summed E-state index contributed by atoms with van der Waals surface area (Å²) >= 11 is 0. The highest BCUT2D eigenvalue weighted by atomic mass is 16.6. The first kappa shape index (κ1) is 14.7. The summed E-state index contributed by atoms with van der Waals surface area (Å²) < 4.78 is 15.9. The molecule has 4 rings (SSSR count). The first-order chi connectivity index (χ1) is 11.8. The third-order valence-corrected chi connectivity index (χ3v) is 4.12. The number of carbonyl (C=O) groups is 1. The van der Waals surface area contributed by atoms with Crippen molar-refractivity contribution in [3.8, 4) is 0 Å². The summed E-state index contributed by atoms with van der Waals surface area (Å²) in [5.74, 6) is 0.270. The smallest absolute Gasteiger partial charge is 0.322 e. The van der Waals surface area contributed by atoms with E-state index in [1.807, 2.05) is 18.2 Å². The van der Waals surface area contributed by atoms with Gasteiger partial charge in [-0.1, -0.05) is 11.2 Å². The van der Waals surface area contributed by atoms with E-state index in [1.165, 1.54) is 30.2 Å². The fourth-order valence-corrected chi connectivity index (χ4v) is 2.90. The Morgan fingerprint density at radius 3 is 2.79 bits per heavy atom. The van der Waals surface area contributed by atoms with Gasteiger partial charge in [0.15, 0.2) is 0 Å². The standard InChI is InChI=1S/C17H17N3O4/c21-15(13-6-5-11-3-1-2-4-12(11)9-13)18-17-20-19-16(24-17)14-10-22-7-8-23-14/h5-6,9-10H,1-4,7-8H2,(H,18,20,21). The summed E-state index contributed by atoms with van der Waals surface area (Å²) in [7, 11) is 0. The molecule has 124 valence electrons. The molecular formula is C17H17N3O4. The molecular weight excluding hydrogens is 310 g/mol. The quantitative estimate of drug-likeness (QED) is 0.932. The Morgan fingerprint density at radius 1 is 1.08 bits per heavy atom. The molecule has 2 aliphatic rings. The normalized spacial score (nSPS) is 16.4. The van der Waals surface area contributed by atoms with E-state index in [4.69, 9.17) is 13.9 Å². The first-order valence-electron chi connectivity index (χ1n) is 8.01. The van der Waals surface area contributed by atoms with Gasteiger partial charge in [-0.25, -0.2) is 0 Å². The van der Waals surface area contributed by atoms with Gasteiger partial charge in [-0.3, -0.25) is 10.1 Å². The second-order valence-electron chi connectivity index (χ2n) is 5.76. The molecule has 0 unspecified atom stereocenters. The Balaban J connectivity index is 1.48. The van der Waals surface area contributed by atoms with Crippen LogP contribution in [0, 0.1) is 0 Å². The number of hydrogen-bond donors (Lipinski definition) is 1. The van der Waals surface area contributed by atoms with Gasteiger partial charge in [0.1, 0.15) is 19.5 Å². The molecule has 7 nitrogen and oxygen atoms in total. The van der Waals surface area contributed by atoms with E-state index in [1.54, 1.807) is 0 Å². The van der Waals surface area contributed by atoms with Crippen molar-refractivity contribution in [2.75, 3.05) is 18.5 Å². The van der Waals surface area contributed by atoms with Crippen molar-refractivity contribution >= 4 is 17.7 Å². The maximum Gasteiger partial charge on any atom is 0.322 e. The zero-order valence-electron chi connectivity index (χ0n) is 13.1. The van der Waals surface area contributed by atoms with E-state index in [2.05, 4.69) is 15.5 Å². The topological polar surface area (TPSA) is 86.5 Å². The van der Waals surface area contributed by atoms with Crippen molar-refractivity contribution < 1.29 is 18.7 Å². The molecule has 0 saturated heterocycles. The molecule has 1 aromatic carbocycles. The number of fused-ring (bicyclic) bond motifs is 1. The number of aryl methyl sites for hydroxylation is 2. The number of amides is 1. The van der Waals surface area contributed by atoms with E-state index in [-0.39, 0.29) is 17.8 Å². The zero-order chi connectivity index (χ0) is 16.4. The van der Waals surface area contributed by atoms with Crippen LogP contribution in [0.1, 0.15) is 40.2 Å². The second-order valence-corrected chi connectivity index (χ2v) is 5.76. The van der Waals surface area contributed by atoms with Crippen LogP contribution in [-0.4, -0.2) is 29.3 Å². The first-order valence-corrected chi connectivity index (χ1v) is 8.01. The van der Waals surface area contributed by atoms with Gasteiger partial charge in [0, 0.05) is 5.56 Å². The van der Waals surface area contributed by atoms with Crippen LogP contribution in [0.3, 0.4) is 0 Å². The minimum Gasteiger partial charge on any atom is -0.494 e. The van der Waals surface area contributed by atoms with Crippen LogP contribution in [0.25, 0.3) is 5.76 Å². The van der Waals surface area contributed by atoms with Gasteiger partial charge >= 0.3 is 6.01 Å². The van der Waals surface area contributed by atoms with Gasteiger partial charge in [0.2, 0.25) is 5.76 Å². The molecule has 1 aromatic heterocycles. The Bertz CT molecular complexity index is 797. The molecule has 0 radical (unpaired) electrons. The van der Waals surface area contributed by atoms with Crippen LogP contribution >= 0.6 is 0 Å². The van der Waals surface area contributed by atoms with Crippen LogP contribution in [0.5, 0.6) is 0 Å². The van der Waals surface area contributed by atoms with Crippen LogP contribution in [0.4, 0.5) is 6.01 Å². The SMILES string of the molecule is O=C(Nc1nnc(C2=COCCO2)o1)c1ccc2c(c1)CCCC2. The lowest BCUT2D eigenvalue weighted by molar-refractivity contribution is 0.102. The number of anilines is 1. The minimum atomic E-state index is -0.270. The predicted octanol–water partition coefficient (Wildman–Crippen LogP) is 2.55. The number of ether oxygens (including phenoxy) is 2. The minimum absolute atomic E-state index is 0.0304. The summed E-state index contributed by atoms with van der Waals surface area (Å²) in [4.78, 5) is 12.4. The van der Waals surface area contributed by atoms with Gasteiger partial charge in [0.05, 0.1) is 0 Å². The predicted molar refractivity (Wildman–Crippen MR) is 85.2 cm³/mol. The molecule has 0 spiro atoms. The molecule has 0 fully saturated rings. The number of hydrogen-bond acceptors (Lipinski definition) is 6. The van der Waals surface area contributed by atoms with Gasteiger partial charge in [-0.05, 0) is 48.9 Å².